The molecule has 0 amide bonds. The molecule has 0 aliphatic carbocycles. The minimum Gasteiger partial charge on any atom is -0.726 e. The molecule has 0 aliphatic heterocycles. The zero-order valence-corrected chi connectivity index (χ0v) is 17.3. The average Bonchev–Trinajstić information content (AvgIpc) is 2.38. The summed E-state index contributed by atoms with van der Waals surface area (Å²) < 4.78 is 37.7. The summed E-state index contributed by atoms with van der Waals surface area (Å²) in [5.74, 6) is 0.0763. The van der Waals surface area contributed by atoms with E-state index in [1.54, 1.807) is 0 Å². The molecule has 0 bridgehead atoms. The molecule has 0 heterocycles. The van der Waals surface area contributed by atoms with Crippen LogP contribution in [-0.4, -0.2) is 18.6 Å². The van der Waals surface area contributed by atoms with Crippen LogP contribution in [0.2, 0.25) is 0 Å². The first-order chi connectivity index (χ1) is 9.31. The Morgan fingerprint density at radius 3 is 1.90 bits per heavy atom. The molecule has 21 heavy (non-hydrogen) atoms. The third-order valence-corrected chi connectivity index (χ3v) is 4.89. The van der Waals surface area contributed by atoms with E-state index in [2.05, 4.69) is 6.92 Å². The summed E-state index contributed by atoms with van der Waals surface area (Å²) in [6.07, 6.45) is 9.23. The zero-order chi connectivity index (χ0) is 15.6. The summed E-state index contributed by atoms with van der Waals surface area (Å²) in [5.41, 5.74) is -0.829. The molecule has 0 saturated carbocycles. The molecule has 0 radical (unpaired) electrons. The quantitative estimate of drug-likeness (QED) is 0.235. The monoisotopic (exact) mass is 330 g/mol. The summed E-state index contributed by atoms with van der Waals surface area (Å²) >= 11 is 0. The Labute approximate surface area is 153 Å². The zero-order valence-electron chi connectivity index (χ0n) is 14.5. The van der Waals surface area contributed by atoms with Crippen molar-refractivity contribution in [2.75, 3.05) is 0 Å². The summed E-state index contributed by atoms with van der Waals surface area (Å²) in [4.78, 5) is 0. The fourth-order valence-electron chi connectivity index (χ4n) is 2.84. The van der Waals surface area contributed by atoms with Crippen molar-refractivity contribution in [2.24, 2.45) is 5.92 Å². The van der Waals surface area contributed by atoms with Gasteiger partial charge in [-0.15, -0.1) is 0 Å². The third-order valence-electron chi connectivity index (χ3n) is 4.35. The van der Waals surface area contributed by atoms with E-state index in [4.69, 9.17) is 4.18 Å². The van der Waals surface area contributed by atoms with E-state index in [9.17, 15) is 13.0 Å². The minimum atomic E-state index is -4.64. The first-order valence-electron chi connectivity index (χ1n) is 7.97. The van der Waals surface area contributed by atoms with Crippen LogP contribution in [0.3, 0.4) is 0 Å². The molecule has 0 aromatic rings. The van der Waals surface area contributed by atoms with Crippen LogP contribution in [0.4, 0.5) is 0 Å². The molecule has 0 aliphatic rings. The molecule has 1 unspecified atom stereocenters. The second-order valence-electron chi connectivity index (χ2n) is 5.72. The van der Waals surface area contributed by atoms with Crippen molar-refractivity contribution in [1.29, 1.82) is 0 Å². The van der Waals surface area contributed by atoms with Crippen LogP contribution in [0.25, 0.3) is 0 Å². The average molecular weight is 330 g/mol. The number of hydrogen-bond acceptors (Lipinski definition) is 4. The van der Waals surface area contributed by atoms with Gasteiger partial charge in [-0.3, -0.25) is 4.18 Å². The van der Waals surface area contributed by atoms with Crippen molar-refractivity contribution in [3.8, 4) is 0 Å². The molecule has 0 saturated heterocycles. The first kappa shape index (κ1) is 24.1. The Morgan fingerprint density at radius 2 is 1.48 bits per heavy atom. The Morgan fingerprint density at radius 1 is 1.00 bits per heavy atom. The first-order valence-corrected chi connectivity index (χ1v) is 9.31. The molecular weight excluding hydrogens is 299 g/mol. The standard InChI is InChI=1S/C15H32O4S.Na/c1-5-8-9-10-11-12-13-14(4)15(6-2,7-3)19-20(16,17)18;/h14H,5-13H2,1-4H3,(H,16,17,18);/q;+1/p-1. The maximum absolute atomic E-state index is 10.9. The van der Waals surface area contributed by atoms with Gasteiger partial charge in [0.05, 0.1) is 5.60 Å². The largest absolute Gasteiger partial charge is 1.00 e. The van der Waals surface area contributed by atoms with Gasteiger partial charge < -0.3 is 4.55 Å². The smallest absolute Gasteiger partial charge is 0.726 e. The van der Waals surface area contributed by atoms with Gasteiger partial charge in [0, 0.05) is 0 Å². The molecule has 0 N–H and O–H groups in total. The predicted molar refractivity (Wildman–Crippen MR) is 81.3 cm³/mol. The van der Waals surface area contributed by atoms with E-state index < -0.39 is 16.0 Å². The molecule has 0 aromatic carbocycles. The summed E-state index contributed by atoms with van der Waals surface area (Å²) in [7, 11) is -4.64. The van der Waals surface area contributed by atoms with E-state index in [1.165, 1.54) is 25.7 Å². The van der Waals surface area contributed by atoms with Crippen molar-refractivity contribution >= 4 is 10.4 Å². The van der Waals surface area contributed by atoms with Gasteiger partial charge in [-0.05, 0) is 25.2 Å². The molecule has 0 rings (SSSR count). The van der Waals surface area contributed by atoms with Crippen LogP contribution < -0.4 is 29.6 Å². The molecule has 0 spiro atoms. The molecule has 4 nitrogen and oxygen atoms in total. The predicted octanol–water partition coefficient (Wildman–Crippen LogP) is 1.41. The van der Waals surface area contributed by atoms with Gasteiger partial charge in [0.25, 0.3) is 0 Å². The van der Waals surface area contributed by atoms with E-state index in [0.717, 1.165) is 19.3 Å². The molecule has 122 valence electrons. The van der Waals surface area contributed by atoms with E-state index in [0.29, 0.717) is 12.8 Å². The molecule has 0 aromatic heterocycles. The number of rotatable bonds is 12. The molecule has 1 atom stereocenters. The van der Waals surface area contributed by atoms with E-state index in [-0.39, 0.29) is 35.5 Å². The normalized spacial score (nSPS) is 13.8. The van der Waals surface area contributed by atoms with Gasteiger partial charge in [-0.2, -0.15) is 0 Å². The van der Waals surface area contributed by atoms with E-state index in [1.807, 2.05) is 20.8 Å². The van der Waals surface area contributed by atoms with Gasteiger partial charge in [0.2, 0.25) is 10.4 Å². The van der Waals surface area contributed by atoms with Crippen LogP contribution in [0.5, 0.6) is 0 Å². The van der Waals surface area contributed by atoms with Crippen molar-refractivity contribution in [2.45, 2.75) is 91.1 Å². The fourth-order valence-corrected chi connectivity index (χ4v) is 3.65. The van der Waals surface area contributed by atoms with Crippen LogP contribution >= 0.6 is 0 Å². The maximum Gasteiger partial charge on any atom is 1.00 e. The van der Waals surface area contributed by atoms with Crippen LogP contribution in [-0.2, 0) is 14.6 Å². The van der Waals surface area contributed by atoms with Gasteiger partial charge in [-0.1, -0.05) is 66.2 Å². The van der Waals surface area contributed by atoms with Crippen LogP contribution in [0.15, 0.2) is 0 Å². The Balaban J connectivity index is 0. The van der Waals surface area contributed by atoms with E-state index >= 15 is 0 Å². The Hall–Kier alpha value is 0.870. The van der Waals surface area contributed by atoms with Gasteiger partial charge in [0.1, 0.15) is 0 Å². The summed E-state index contributed by atoms with van der Waals surface area (Å²) in [6, 6.07) is 0. The topological polar surface area (TPSA) is 66.4 Å². The van der Waals surface area contributed by atoms with Crippen molar-refractivity contribution in [3.05, 3.63) is 0 Å². The van der Waals surface area contributed by atoms with Gasteiger partial charge in [0.15, 0.2) is 0 Å². The SMILES string of the molecule is CCCCCCCCC(C)C(CC)(CC)OS(=O)(=O)[O-].[Na+]. The van der Waals surface area contributed by atoms with Crippen LogP contribution in [0, 0.1) is 5.92 Å². The second kappa shape index (κ2) is 12.3. The van der Waals surface area contributed by atoms with Gasteiger partial charge >= 0.3 is 29.6 Å². The molecule has 6 heteroatoms. The summed E-state index contributed by atoms with van der Waals surface area (Å²) in [6.45, 7) is 7.95. The number of hydrogen-bond donors (Lipinski definition) is 0. The number of unbranched alkanes of at least 4 members (excludes halogenated alkanes) is 5. The van der Waals surface area contributed by atoms with Crippen molar-refractivity contribution in [1.82, 2.24) is 0 Å². The third kappa shape index (κ3) is 10.3. The second-order valence-corrected chi connectivity index (χ2v) is 6.70. The fraction of sp³-hybridized carbons (Fsp3) is 1.00. The molecule has 0 fully saturated rings. The minimum absolute atomic E-state index is 0. The van der Waals surface area contributed by atoms with Crippen molar-refractivity contribution in [3.63, 3.8) is 0 Å². The van der Waals surface area contributed by atoms with Gasteiger partial charge in [-0.25, -0.2) is 8.42 Å². The molecular formula is C15H31NaO4S. The maximum atomic E-state index is 10.9. The Kier molecular flexibility index (Phi) is 14.1. The Bertz CT molecular complexity index is 340. The van der Waals surface area contributed by atoms with Crippen LogP contribution in [0.1, 0.15) is 85.5 Å². The summed E-state index contributed by atoms with van der Waals surface area (Å²) in [5, 5.41) is 0. The van der Waals surface area contributed by atoms with Crippen molar-refractivity contribution < 1.29 is 46.7 Å².